The molecule has 2 aromatic rings. The van der Waals surface area contributed by atoms with Crippen LogP contribution in [0.2, 0.25) is 5.02 Å². The molecule has 7 heteroatoms. The Balaban J connectivity index is 1.79. The van der Waals surface area contributed by atoms with Gasteiger partial charge in [0.15, 0.2) is 11.5 Å². The molecule has 0 radical (unpaired) electrons. The first-order chi connectivity index (χ1) is 9.24. The van der Waals surface area contributed by atoms with Crippen molar-refractivity contribution in [2.75, 3.05) is 13.2 Å². The van der Waals surface area contributed by atoms with Gasteiger partial charge in [0.25, 0.3) is 0 Å². The molecule has 0 unspecified atom stereocenters. The smallest absolute Gasteiger partial charge is 0.162 e. The number of fused-ring (bicyclic) bond motifs is 1. The summed E-state index contributed by atoms with van der Waals surface area (Å²) in [4.78, 5) is 0.953. The lowest BCUT2D eigenvalue weighted by molar-refractivity contribution is 0.171. The topological polar surface area (TPSA) is 49.2 Å². The lowest BCUT2D eigenvalue weighted by Crippen LogP contribution is -2.15. The van der Waals surface area contributed by atoms with Gasteiger partial charge in [0.2, 0.25) is 0 Å². The van der Waals surface area contributed by atoms with Gasteiger partial charge in [-0.3, -0.25) is 0 Å². The van der Waals surface area contributed by atoms with E-state index in [2.05, 4.69) is 10.2 Å². The van der Waals surface area contributed by atoms with Gasteiger partial charge in [-0.15, -0.1) is 22.0 Å². The van der Waals surface area contributed by atoms with Crippen LogP contribution in [0.3, 0.4) is 0 Å². The summed E-state index contributed by atoms with van der Waals surface area (Å²) in [7, 11) is 1.92. The first kappa shape index (κ1) is 12.6. The average Bonchev–Trinajstić information content (AvgIpc) is 2.82. The van der Waals surface area contributed by atoms with Gasteiger partial charge in [0.1, 0.15) is 25.4 Å². The number of thioether (sulfide) groups is 1. The number of nitrogens with zero attached hydrogens (tertiary/aromatic N) is 3. The third kappa shape index (κ3) is 2.64. The highest BCUT2D eigenvalue weighted by Gasteiger charge is 2.15. The molecule has 0 bridgehead atoms. The quantitative estimate of drug-likeness (QED) is 0.815. The Morgan fingerprint density at radius 2 is 2.05 bits per heavy atom. The van der Waals surface area contributed by atoms with Crippen LogP contribution >= 0.6 is 23.4 Å². The monoisotopic (exact) mass is 297 g/mol. The molecule has 1 aromatic heterocycles. The predicted octanol–water partition coefficient (Wildman–Crippen LogP) is 2.53. The van der Waals surface area contributed by atoms with Gasteiger partial charge in [0.05, 0.1) is 10.8 Å². The van der Waals surface area contributed by atoms with Crippen molar-refractivity contribution in [3.63, 3.8) is 0 Å². The van der Waals surface area contributed by atoms with Crippen LogP contribution < -0.4 is 9.47 Å². The van der Waals surface area contributed by atoms with E-state index in [-0.39, 0.29) is 0 Å². The van der Waals surface area contributed by atoms with E-state index in [1.165, 1.54) is 0 Å². The van der Waals surface area contributed by atoms with Crippen molar-refractivity contribution >= 4 is 23.4 Å². The van der Waals surface area contributed by atoms with Crippen LogP contribution in [0, 0.1) is 0 Å². The van der Waals surface area contributed by atoms with Gasteiger partial charge < -0.3 is 14.0 Å². The van der Waals surface area contributed by atoms with E-state index in [1.807, 2.05) is 17.7 Å². The lowest BCUT2D eigenvalue weighted by Gasteiger charge is -2.19. The van der Waals surface area contributed by atoms with Gasteiger partial charge in [-0.2, -0.15) is 0 Å². The van der Waals surface area contributed by atoms with Crippen LogP contribution in [0.4, 0.5) is 0 Å². The Morgan fingerprint density at radius 3 is 2.74 bits per heavy atom. The molecule has 1 aliphatic rings. The van der Waals surface area contributed by atoms with Crippen LogP contribution in [-0.4, -0.2) is 28.0 Å². The van der Waals surface area contributed by atoms with Crippen LogP contribution in [-0.2, 0) is 12.8 Å². The standard InChI is InChI=1S/C12H12ClN3O2S/c1-16-7-14-15-12(16)6-19-11-5-10-9(4-8(11)13)17-2-3-18-10/h4-5,7H,2-3,6H2,1H3. The highest BCUT2D eigenvalue weighted by Crippen LogP contribution is 2.40. The Labute approximate surface area is 119 Å². The Bertz CT molecular complexity index is 603. The average molecular weight is 298 g/mol. The third-order valence-corrected chi connectivity index (χ3v) is 4.23. The van der Waals surface area contributed by atoms with E-state index < -0.39 is 0 Å². The SMILES string of the molecule is Cn1cnnc1CSc1cc2c(cc1Cl)OCCO2. The Kier molecular flexibility index (Phi) is 3.52. The van der Waals surface area contributed by atoms with Crippen molar-refractivity contribution in [1.82, 2.24) is 14.8 Å². The number of hydrogen-bond acceptors (Lipinski definition) is 5. The largest absolute Gasteiger partial charge is 0.486 e. The van der Waals surface area contributed by atoms with Gasteiger partial charge in [-0.25, -0.2) is 0 Å². The first-order valence-electron chi connectivity index (χ1n) is 5.79. The minimum absolute atomic E-state index is 0.564. The molecule has 0 fully saturated rings. The summed E-state index contributed by atoms with van der Waals surface area (Å²) < 4.78 is 12.9. The Morgan fingerprint density at radius 1 is 1.32 bits per heavy atom. The molecule has 0 atom stereocenters. The minimum atomic E-state index is 0.564. The van der Waals surface area contributed by atoms with Crippen molar-refractivity contribution in [3.8, 4) is 11.5 Å². The van der Waals surface area contributed by atoms with Gasteiger partial charge in [0, 0.05) is 18.0 Å². The fraction of sp³-hybridized carbons (Fsp3) is 0.333. The van der Waals surface area contributed by atoms with Crippen LogP contribution in [0.15, 0.2) is 23.4 Å². The fourth-order valence-corrected chi connectivity index (χ4v) is 2.99. The maximum Gasteiger partial charge on any atom is 0.162 e. The third-order valence-electron chi connectivity index (χ3n) is 2.76. The van der Waals surface area contributed by atoms with Crippen molar-refractivity contribution in [3.05, 3.63) is 29.3 Å². The van der Waals surface area contributed by atoms with Crippen molar-refractivity contribution in [2.45, 2.75) is 10.6 Å². The minimum Gasteiger partial charge on any atom is -0.486 e. The zero-order chi connectivity index (χ0) is 13.2. The maximum atomic E-state index is 6.24. The van der Waals surface area contributed by atoms with E-state index in [0.717, 1.165) is 16.5 Å². The second-order valence-electron chi connectivity index (χ2n) is 4.07. The van der Waals surface area contributed by atoms with E-state index in [0.29, 0.717) is 29.7 Å². The normalized spacial score (nSPS) is 13.6. The van der Waals surface area contributed by atoms with Gasteiger partial charge in [-0.05, 0) is 6.07 Å². The maximum absolute atomic E-state index is 6.24. The van der Waals surface area contributed by atoms with E-state index in [1.54, 1.807) is 24.2 Å². The Hall–Kier alpha value is -1.40. The van der Waals surface area contributed by atoms with Gasteiger partial charge in [-0.1, -0.05) is 11.6 Å². The number of halogens is 1. The van der Waals surface area contributed by atoms with Crippen LogP contribution in [0.25, 0.3) is 0 Å². The van der Waals surface area contributed by atoms with E-state index >= 15 is 0 Å². The molecular weight excluding hydrogens is 286 g/mol. The van der Waals surface area contributed by atoms with Crippen LogP contribution in [0.5, 0.6) is 11.5 Å². The summed E-state index contributed by atoms with van der Waals surface area (Å²) in [5.41, 5.74) is 0. The summed E-state index contributed by atoms with van der Waals surface area (Å²) in [6, 6.07) is 3.72. The number of rotatable bonds is 3. The number of aromatic nitrogens is 3. The molecule has 0 amide bonds. The fourth-order valence-electron chi connectivity index (χ4n) is 1.74. The number of hydrogen-bond donors (Lipinski definition) is 0. The molecule has 1 aliphatic heterocycles. The number of benzene rings is 1. The summed E-state index contributed by atoms with van der Waals surface area (Å²) >= 11 is 7.84. The molecule has 1 aromatic carbocycles. The van der Waals surface area contributed by atoms with E-state index in [9.17, 15) is 0 Å². The zero-order valence-electron chi connectivity index (χ0n) is 10.3. The van der Waals surface area contributed by atoms with Crippen LogP contribution in [0.1, 0.15) is 5.82 Å². The number of ether oxygens (including phenoxy) is 2. The summed E-state index contributed by atoms with van der Waals surface area (Å²) in [5.74, 6) is 3.06. The second kappa shape index (κ2) is 5.30. The molecule has 0 spiro atoms. The zero-order valence-corrected chi connectivity index (χ0v) is 11.9. The first-order valence-corrected chi connectivity index (χ1v) is 7.15. The highest BCUT2D eigenvalue weighted by molar-refractivity contribution is 7.98. The molecule has 0 aliphatic carbocycles. The molecular formula is C12H12ClN3O2S. The van der Waals surface area contributed by atoms with Crippen molar-refractivity contribution in [2.24, 2.45) is 7.05 Å². The van der Waals surface area contributed by atoms with Crippen molar-refractivity contribution in [1.29, 1.82) is 0 Å². The molecule has 19 heavy (non-hydrogen) atoms. The molecule has 3 rings (SSSR count). The summed E-state index contributed by atoms with van der Waals surface area (Å²) in [6.45, 7) is 1.14. The predicted molar refractivity (Wildman–Crippen MR) is 73.0 cm³/mol. The lowest BCUT2D eigenvalue weighted by atomic mass is 10.3. The molecule has 5 nitrogen and oxygen atoms in total. The second-order valence-corrected chi connectivity index (χ2v) is 5.50. The molecule has 2 heterocycles. The summed E-state index contributed by atoms with van der Waals surface area (Å²) in [5, 5.41) is 8.55. The van der Waals surface area contributed by atoms with Crippen molar-refractivity contribution < 1.29 is 9.47 Å². The van der Waals surface area contributed by atoms with Gasteiger partial charge >= 0.3 is 0 Å². The molecule has 0 saturated heterocycles. The highest BCUT2D eigenvalue weighted by atomic mass is 35.5. The number of aryl methyl sites for hydroxylation is 1. The summed E-state index contributed by atoms with van der Waals surface area (Å²) in [6.07, 6.45) is 1.68. The molecule has 100 valence electrons. The molecule has 0 N–H and O–H groups in total. The molecule has 0 saturated carbocycles. The van der Waals surface area contributed by atoms with E-state index in [4.69, 9.17) is 21.1 Å².